The van der Waals surface area contributed by atoms with Crippen molar-refractivity contribution >= 4 is 11.5 Å². The second-order valence-corrected chi connectivity index (χ2v) is 3.91. The molecule has 1 heterocycles. The van der Waals surface area contributed by atoms with Gasteiger partial charge in [0.05, 0.1) is 5.56 Å². The number of Topliss-reactive ketones (excluding diaryl/α,β-unsaturated/α-hetero) is 1. The van der Waals surface area contributed by atoms with Crippen LogP contribution in [0.2, 0.25) is 0 Å². The van der Waals surface area contributed by atoms with Gasteiger partial charge in [-0.2, -0.15) is 0 Å². The molecule has 0 amide bonds. The van der Waals surface area contributed by atoms with E-state index < -0.39 is 5.82 Å². The zero-order valence-corrected chi connectivity index (χ0v) is 8.79. The molecule has 80 valence electrons. The van der Waals surface area contributed by atoms with Crippen molar-refractivity contribution in [2.75, 3.05) is 18.0 Å². The number of nitrogens with zero attached hydrogens (tertiary/aromatic N) is 1. The fourth-order valence-electron chi connectivity index (χ4n) is 1.96. The van der Waals surface area contributed by atoms with Crippen LogP contribution in [0.4, 0.5) is 10.1 Å². The van der Waals surface area contributed by atoms with Gasteiger partial charge in [0.1, 0.15) is 5.82 Å². The first kappa shape index (κ1) is 10.1. The molecule has 0 aliphatic carbocycles. The molecule has 2 rings (SSSR count). The molecule has 1 aliphatic heterocycles. The van der Waals surface area contributed by atoms with Crippen LogP contribution in [0.1, 0.15) is 30.1 Å². The number of halogens is 1. The fraction of sp³-hybridized carbons (Fsp3) is 0.417. The Hall–Kier alpha value is -1.38. The van der Waals surface area contributed by atoms with Gasteiger partial charge in [-0.15, -0.1) is 0 Å². The Morgan fingerprint density at radius 1 is 1.33 bits per heavy atom. The lowest BCUT2D eigenvalue weighted by molar-refractivity contribution is 0.101. The van der Waals surface area contributed by atoms with E-state index in [0.717, 1.165) is 31.6 Å². The SMILES string of the molecule is CC(=O)c1ccc(N2CCCC2)cc1F. The maximum atomic E-state index is 13.5. The molecule has 1 aliphatic rings. The average molecular weight is 207 g/mol. The van der Waals surface area contributed by atoms with Gasteiger partial charge >= 0.3 is 0 Å². The van der Waals surface area contributed by atoms with Crippen LogP contribution in [0.3, 0.4) is 0 Å². The summed E-state index contributed by atoms with van der Waals surface area (Å²) in [6.45, 7) is 3.35. The van der Waals surface area contributed by atoms with E-state index in [0.29, 0.717) is 0 Å². The molecular formula is C12H14FNO. The van der Waals surface area contributed by atoms with Gasteiger partial charge in [-0.3, -0.25) is 4.79 Å². The van der Waals surface area contributed by atoms with Crippen molar-refractivity contribution in [3.8, 4) is 0 Å². The molecule has 1 aromatic carbocycles. The number of carbonyl (C=O) groups is 1. The van der Waals surface area contributed by atoms with E-state index in [9.17, 15) is 9.18 Å². The summed E-state index contributed by atoms with van der Waals surface area (Å²) < 4.78 is 13.5. The van der Waals surface area contributed by atoms with Crippen LogP contribution in [0.5, 0.6) is 0 Å². The van der Waals surface area contributed by atoms with Crippen LogP contribution in [-0.4, -0.2) is 18.9 Å². The van der Waals surface area contributed by atoms with Crippen LogP contribution < -0.4 is 4.90 Å². The smallest absolute Gasteiger partial charge is 0.162 e. The zero-order chi connectivity index (χ0) is 10.8. The molecule has 0 radical (unpaired) electrons. The van der Waals surface area contributed by atoms with E-state index in [1.165, 1.54) is 13.0 Å². The van der Waals surface area contributed by atoms with Crippen LogP contribution in [0.15, 0.2) is 18.2 Å². The van der Waals surface area contributed by atoms with E-state index in [-0.39, 0.29) is 11.3 Å². The van der Waals surface area contributed by atoms with Gasteiger partial charge < -0.3 is 4.90 Å². The third-order valence-electron chi connectivity index (χ3n) is 2.80. The maximum absolute atomic E-state index is 13.5. The lowest BCUT2D eigenvalue weighted by Crippen LogP contribution is -2.17. The molecular weight excluding hydrogens is 193 g/mol. The van der Waals surface area contributed by atoms with Gasteiger partial charge in [0.2, 0.25) is 0 Å². The molecule has 1 fully saturated rings. The number of benzene rings is 1. The van der Waals surface area contributed by atoms with Crippen molar-refractivity contribution in [3.63, 3.8) is 0 Å². The van der Waals surface area contributed by atoms with Crippen molar-refractivity contribution in [1.29, 1.82) is 0 Å². The lowest BCUT2D eigenvalue weighted by atomic mass is 10.1. The number of anilines is 1. The lowest BCUT2D eigenvalue weighted by Gasteiger charge is -2.17. The molecule has 1 saturated heterocycles. The Bertz CT molecular complexity index is 383. The summed E-state index contributed by atoms with van der Waals surface area (Å²) >= 11 is 0. The maximum Gasteiger partial charge on any atom is 0.162 e. The Morgan fingerprint density at radius 3 is 2.53 bits per heavy atom. The first-order valence-corrected chi connectivity index (χ1v) is 5.24. The number of carbonyl (C=O) groups excluding carboxylic acids is 1. The summed E-state index contributed by atoms with van der Waals surface area (Å²) in [6, 6.07) is 4.86. The van der Waals surface area contributed by atoms with E-state index in [1.807, 2.05) is 6.07 Å². The summed E-state index contributed by atoms with van der Waals surface area (Å²) in [5.74, 6) is -0.632. The summed E-state index contributed by atoms with van der Waals surface area (Å²) in [6.07, 6.45) is 2.33. The highest BCUT2D eigenvalue weighted by Crippen LogP contribution is 2.22. The van der Waals surface area contributed by atoms with Gasteiger partial charge in [0.25, 0.3) is 0 Å². The molecule has 1 aromatic rings. The number of rotatable bonds is 2. The quantitative estimate of drug-likeness (QED) is 0.695. The second-order valence-electron chi connectivity index (χ2n) is 3.91. The number of ketones is 1. The van der Waals surface area contributed by atoms with Crippen LogP contribution in [0.25, 0.3) is 0 Å². The van der Waals surface area contributed by atoms with Gasteiger partial charge in [0.15, 0.2) is 5.78 Å². The Labute approximate surface area is 88.7 Å². The summed E-state index contributed by atoms with van der Waals surface area (Å²) in [5.41, 5.74) is 1.06. The monoisotopic (exact) mass is 207 g/mol. The van der Waals surface area contributed by atoms with Gasteiger partial charge in [-0.05, 0) is 38.0 Å². The Balaban J connectivity index is 2.28. The fourth-order valence-corrected chi connectivity index (χ4v) is 1.96. The average Bonchev–Trinajstić information content (AvgIpc) is 2.69. The highest BCUT2D eigenvalue weighted by Gasteiger charge is 2.14. The van der Waals surface area contributed by atoms with Crippen molar-refractivity contribution in [2.45, 2.75) is 19.8 Å². The van der Waals surface area contributed by atoms with E-state index in [1.54, 1.807) is 6.07 Å². The van der Waals surface area contributed by atoms with E-state index in [4.69, 9.17) is 0 Å². The molecule has 0 aromatic heterocycles. The van der Waals surface area contributed by atoms with E-state index in [2.05, 4.69) is 4.90 Å². The first-order chi connectivity index (χ1) is 7.18. The van der Waals surface area contributed by atoms with E-state index >= 15 is 0 Å². The molecule has 0 saturated carbocycles. The molecule has 0 atom stereocenters. The highest BCUT2D eigenvalue weighted by molar-refractivity contribution is 5.94. The predicted octanol–water partition coefficient (Wildman–Crippen LogP) is 2.63. The Kier molecular flexibility index (Phi) is 2.71. The standard InChI is InChI=1S/C12H14FNO/c1-9(15)11-5-4-10(8-12(11)13)14-6-2-3-7-14/h4-5,8H,2-3,6-7H2,1H3. The van der Waals surface area contributed by atoms with Gasteiger partial charge in [0, 0.05) is 18.8 Å². The zero-order valence-electron chi connectivity index (χ0n) is 8.79. The third kappa shape index (κ3) is 2.01. The van der Waals surface area contributed by atoms with Crippen LogP contribution in [-0.2, 0) is 0 Å². The minimum atomic E-state index is -0.410. The molecule has 15 heavy (non-hydrogen) atoms. The van der Waals surface area contributed by atoms with Crippen molar-refractivity contribution < 1.29 is 9.18 Å². The molecule has 0 spiro atoms. The highest BCUT2D eigenvalue weighted by atomic mass is 19.1. The van der Waals surface area contributed by atoms with Crippen molar-refractivity contribution in [1.82, 2.24) is 0 Å². The van der Waals surface area contributed by atoms with Gasteiger partial charge in [-0.25, -0.2) is 4.39 Å². The minimum Gasteiger partial charge on any atom is -0.371 e. The molecule has 0 unspecified atom stereocenters. The van der Waals surface area contributed by atoms with Crippen molar-refractivity contribution in [2.24, 2.45) is 0 Å². The largest absolute Gasteiger partial charge is 0.371 e. The van der Waals surface area contributed by atoms with Gasteiger partial charge in [-0.1, -0.05) is 0 Å². The normalized spacial score (nSPS) is 15.7. The predicted molar refractivity (Wildman–Crippen MR) is 57.9 cm³/mol. The minimum absolute atomic E-state index is 0.179. The molecule has 3 heteroatoms. The van der Waals surface area contributed by atoms with Crippen LogP contribution in [0, 0.1) is 5.82 Å². The second kappa shape index (κ2) is 4.01. The van der Waals surface area contributed by atoms with Crippen molar-refractivity contribution in [3.05, 3.63) is 29.6 Å². The summed E-state index contributed by atoms with van der Waals surface area (Å²) in [5, 5.41) is 0. The third-order valence-corrected chi connectivity index (χ3v) is 2.80. The molecule has 0 bridgehead atoms. The molecule has 0 N–H and O–H groups in total. The number of hydrogen-bond donors (Lipinski definition) is 0. The first-order valence-electron chi connectivity index (χ1n) is 5.24. The topological polar surface area (TPSA) is 20.3 Å². The number of hydrogen-bond acceptors (Lipinski definition) is 2. The molecule has 2 nitrogen and oxygen atoms in total. The van der Waals surface area contributed by atoms with Crippen LogP contribution >= 0.6 is 0 Å². The summed E-state index contributed by atoms with van der Waals surface area (Å²) in [7, 11) is 0. The summed E-state index contributed by atoms with van der Waals surface area (Å²) in [4.78, 5) is 13.2. The Morgan fingerprint density at radius 2 is 2.00 bits per heavy atom.